The molecule has 0 unspecified atom stereocenters. The highest BCUT2D eigenvalue weighted by Gasteiger charge is 2.14. The first-order valence-electron chi connectivity index (χ1n) is 9.30. The van der Waals surface area contributed by atoms with Crippen LogP contribution in [0, 0.1) is 13.8 Å². The molecule has 0 fully saturated rings. The molecule has 1 aromatic heterocycles. The van der Waals surface area contributed by atoms with Crippen LogP contribution in [0.4, 0.5) is 0 Å². The maximum absolute atomic E-state index is 12.4. The van der Waals surface area contributed by atoms with E-state index >= 15 is 0 Å². The molecule has 7 heteroatoms. The Morgan fingerprint density at radius 2 is 1.90 bits per heavy atom. The van der Waals surface area contributed by atoms with Gasteiger partial charge in [-0.2, -0.15) is 5.10 Å². The summed E-state index contributed by atoms with van der Waals surface area (Å²) >= 11 is 0. The van der Waals surface area contributed by atoms with Crippen molar-refractivity contribution in [3.05, 3.63) is 75.6 Å². The van der Waals surface area contributed by atoms with E-state index in [4.69, 9.17) is 9.47 Å². The van der Waals surface area contributed by atoms with Crippen LogP contribution in [0.3, 0.4) is 0 Å². The summed E-state index contributed by atoms with van der Waals surface area (Å²) in [5.74, 6) is 1.06. The molecule has 0 saturated heterocycles. The van der Waals surface area contributed by atoms with Crippen molar-refractivity contribution < 1.29 is 14.3 Å². The van der Waals surface area contributed by atoms with Gasteiger partial charge in [-0.1, -0.05) is 23.8 Å². The van der Waals surface area contributed by atoms with Crippen molar-refractivity contribution in [3.8, 4) is 22.8 Å². The van der Waals surface area contributed by atoms with Gasteiger partial charge in [0.2, 0.25) is 12.7 Å². The number of ether oxygens (including phenoxy) is 2. The Morgan fingerprint density at radius 1 is 1.07 bits per heavy atom. The maximum Gasteiger partial charge on any atom is 0.267 e. The van der Waals surface area contributed by atoms with Crippen molar-refractivity contribution in [2.45, 2.75) is 26.9 Å². The van der Waals surface area contributed by atoms with Crippen LogP contribution in [0.1, 0.15) is 16.7 Å². The number of fused-ring (bicyclic) bond motifs is 1. The van der Waals surface area contributed by atoms with E-state index in [-0.39, 0.29) is 24.8 Å². The molecule has 0 spiro atoms. The number of rotatable bonds is 5. The Morgan fingerprint density at radius 3 is 2.76 bits per heavy atom. The molecule has 2 heterocycles. The van der Waals surface area contributed by atoms with Gasteiger partial charge >= 0.3 is 0 Å². The SMILES string of the molecule is Cc1ccc(C)c(-c2ccc(=O)n(CC(=O)NCc3ccc4c(c3)OCO4)n2)c1. The van der Waals surface area contributed by atoms with E-state index in [9.17, 15) is 9.59 Å². The van der Waals surface area contributed by atoms with Gasteiger partial charge in [0.05, 0.1) is 5.69 Å². The Kier molecular flexibility index (Phi) is 5.03. The van der Waals surface area contributed by atoms with Gasteiger partial charge in [0.15, 0.2) is 11.5 Å². The summed E-state index contributed by atoms with van der Waals surface area (Å²) in [6.07, 6.45) is 0. The number of hydrogen-bond donors (Lipinski definition) is 1. The zero-order valence-electron chi connectivity index (χ0n) is 16.3. The molecule has 4 rings (SSSR count). The quantitative estimate of drug-likeness (QED) is 0.723. The summed E-state index contributed by atoms with van der Waals surface area (Å²) < 4.78 is 11.8. The third-order valence-corrected chi connectivity index (χ3v) is 4.76. The van der Waals surface area contributed by atoms with E-state index in [2.05, 4.69) is 10.4 Å². The van der Waals surface area contributed by atoms with Crippen LogP contribution in [0.15, 0.2) is 53.3 Å². The van der Waals surface area contributed by atoms with Crippen molar-refractivity contribution in [3.63, 3.8) is 0 Å². The van der Waals surface area contributed by atoms with Crippen LogP contribution in [0.5, 0.6) is 11.5 Å². The van der Waals surface area contributed by atoms with Gasteiger partial charge in [-0.3, -0.25) is 9.59 Å². The van der Waals surface area contributed by atoms with Crippen LogP contribution >= 0.6 is 0 Å². The summed E-state index contributed by atoms with van der Waals surface area (Å²) in [6.45, 7) is 4.37. The first-order valence-corrected chi connectivity index (χ1v) is 9.30. The molecule has 0 saturated carbocycles. The van der Waals surface area contributed by atoms with Crippen LogP contribution < -0.4 is 20.3 Å². The van der Waals surface area contributed by atoms with Gasteiger partial charge in [0, 0.05) is 18.2 Å². The zero-order valence-corrected chi connectivity index (χ0v) is 16.3. The second-order valence-electron chi connectivity index (χ2n) is 7.00. The van der Waals surface area contributed by atoms with Crippen molar-refractivity contribution in [2.75, 3.05) is 6.79 Å². The molecular weight excluding hydrogens is 370 g/mol. The van der Waals surface area contributed by atoms with Crippen LogP contribution in [0.2, 0.25) is 0 Å². The molecule has 1 amide bonds. The average Bonchev–Trinajstić information content (AvgIpc) is 3.18. The number of hydrogen-bond acceptors (Lipinski definition) is 5. The first-order chi connectivity index (χ1) is 14.0. The average molecular weight is 391 g/mol. The number of amides is 1. The molecule has 1 N–H and O–H groups in total. The lowest BCUT2D eigenvalue weighted by Gasteiger charge is -2.10. The van der Waals surface area contributed by atoms with Crippen molar-refractivity contribution in [1.29, 1.82) is 0 Å². The standard InChI is InChI=1S/C22H21N3O4/c1-14-3-4-15(2)17(9-14)18-6-8-22(27)25(24-18)12-21(26)23-11-16-5-7-19-20(10-16)29-13-28-19/h3-10H,11-13H2,1-2H3,(H,23,26). The number of benzene rings is 2. The van der Waals surface area contributed by atoms with E-state index in [1.807, 2.05) is 50.2 Å². The Bertz CT molecular complexity index is 1140. The second kappa shape index (κ2) is 7.79. The van der Waals surface area contributed by atoms with Crippen LogP contribution in [0.25, 0.3) is 11.3 Å². The largest absolute Gasteiger partial charge is 0.454 e. The molecule has 0 aliphatic carbocycles. The van der Waals surface area contributed by atoms with Gasteiger partial charge in [-0.15, -0.1) is 0 Å². The van der Waals surface area contributed by atoms with E-state index < -0.39 is 0 Å². The van der Waals surface area contributed by atoms with Gasteiger partial charge in [0.1, 0.15) is 6.54 Å². The molecule has 3 aromatic rings. The van der Waals surface area contributed by atoms with E-state index in [1.165, 1.54) is 10.7 Å². The highest BCUT2D eigenvalue weighted by molar-refractivity contribution is 5.75. The van der Waals surface area contributed by atoms with E-state index in [1.54, 1.807) is 6.07 Å². The fourth-order valence-corrected chi connectivity index (χ4v) is 3.16. The summed E-state index contributed by atoms with van der Waals surface area (Å²) in [6, 6.07) is 14.7. The van der Waals surface area contributed by atoms with Crippen LogP contribution in [-0.4, -0.2) is 22.5 Å². The number of aromatic nitrogens is 2. The third-order valence-electron chi connectivity index (χ3n) is 4.76. The molecule has 0 atom stereocenters. The normalized spacial score (nSPS) is 12.1. The van der Waals surface area contributed by atoms with Gasteiger partial charge < -0.3 is 14.8 Å². The predicted molar refractivity (Wildman–Crippen MR) is 108 cm³/mol. The Balaban J connectivity index is 1.46. The molecule has 0 bridgehead atoms. The number of nitrogens with zero attached hydrogens (tertiary/aromatic N) is 2. The number of aryl methyl sites for hydroxylation is 2. The minimum absolute atomic E-state index is 0.151. The topological polar surface area (TPSA) is 82.5 Å². The Hall–Kier alpha value is -3.61. The molecule has 7 nitrogen and oxygen atoms in total. The maximum atomic E-state index is 12.4. The number of carbonyl (C=O) groups is 1. The van der Waals surface area contributed by atoms with E-state index in [0.29, 0.717) is 23.7 Å². The van der Waals surface area contributed by atoms with Crippen LogP contribution in [-0.2, 0) is 17.9 Å². The molecule has 1 aliphatic heterocycles. The summed E-state index contributed by atoms with van der Waals surface area (Å²) in [7, 11) is 0. The lowest BCUT2D eigenvalue weighted by molar-refractivity contribution is -0.122. The van der Waals surface area contributed by atoms with Crippen molar-refractivity contribution >= 4 is 5.91 Å². The predicted octanol–water partition coefficient (Wildman–Crippen LogP) is 2.57. The lowest BCUT2D eigenvalue weighted by Crippen LogP contribution is -2.33. The highest BCUT2D eigenvalue weighted by atomic mass is 16.7. The molecular formula is C22H21N3O4. The minimum atomic E-state index is -0.322. The van der Waals surface area contributed by atoms with Gasteiger partial charge in [-0.05, 0) is 49.2 Å². The molecule has 0 radical (unpaired) electrons. The second-order valence-corrected chi connectivity index (χ2v) is 7.00. The first kappa shape index (κ1) is 18.7. The zero-order chi connectivity index (χ0) is 20.4. The molecule has 2 aromatic carbocycles. The molecule has 148 valence electrons. The summed E-state index contributed by atoms with van der Waals surface area (Å²) in [4.78, 5) is 24.6. The summed E-state index contributed by atoms with van der Waals surface area (Å²) in [5, 5.41) is 7.20. The Labute approximate surface area is 167 Å². The fourth-order valence-electron chi connectivity index (χ4n) is 3.16. The van der Waals surface area contributed by atoms with Gasteiger partial charge in [0.25, 0.3) is 5.56 Å². The number of nitrogens with one attached hydrogen (secondary N) is 1. The smallest absolute Gasteiger partial charge is 0.267 e. The highest BCUT2D eigenvalue weighted by Crippen LogP contribution is 2.32. The third kappa shape index (κ3) is 4.13. The minimum Gasteiger partial charge on any atom is -0.454 e. The van der Waals surface area contributed by atoms with Crippen molar-refractivity contribution in [2.24, 2.45) is 0 Å². The van der Waals surface area contributed by atoms with Gasteiger partial charge in [-0.25, -0.2) is 4.68 Å². The molecule has 29 heavy (non-hydrogen) atoms. The summed E-state index contributed by atoms with van der Waals surface area (Å²) in [5.41, 5.74) is 4.32. The van der Waals surface area contributed by atoms with Crippen molar-refractivity contribution in [1.82, 2.24) is 15.1 Å². The lowest BCUT2D eigenvalue weighted by atomic mass is 10.0. The van der Waals surface area contributed by atoms with E-state index in [0.717, 1.165) is 22.3 Å². The number of carbonyl (C=O) groups excluding carboxylic acids is 1. The monoisotopic (exact) mass is 391 g/mol. The molecule has 1 aliphatic rings. The fraction of sp³-hybridized carbons (Fsp3) is 0.227.